The lowest BCUT2D eigenvalue weighted by molar-refractivity contribution is -0.146. The molecular weight excluding hydrogens is 352 g/mol. The first-order valence-corrected chi connectivity index (χ1v) is 10.1. The molecular formula is C18H24N4O3S. The van der Waals surface area contributed by atoms with Gasteiger partial charge in [0.15, 0.2) is 5.13 Å². The van der Waals surface area contributed by atoms with Gasteiger partial charge in [-0.25, -0.2) is 9.78 Å². The van der Waals surface area contributed by atoms with E-state index in [-0.39, 0.29) is 17.9 Å². The number of fused-ring (bicyclic) bond motifs is 1. The van der Waals surface area contributed by atoms with Crippen LogP contribution in [0, 0.1) is 0 Å². The van der Waals surface area contributed by atoms with Gasteiger partial charge in [-0.3, -0.25) is 20.2 Å². The van der Waals surface area contributed by atoms with Crippen molar-refractivity contribution in [3.05, 3.63) is 10.6 Å². The number of anilines is 1. The number of amides is 4. The summed E-state index contributed by atoms with van der Waals surface area (Å²) in [4.78, 5) is 44.7. The van der Waals surface area contributed by atoms with Crippen LogP contribution in [0.15, 0.2) is 0 Å². The van der Waals surface area contributed by atoms with Crippen LogP contribution < -0.4 is 10.6 Å². The number of carbonyl (C=O) groups excluding carboxylic acids is 3. The number of thiazole rings is 1. The second-order valence-electron chi connectivity index (χ2n) is 8.16. The summed E-state index contributed by atoms with van der Waals surface area (Å²) in [7, 11) is 0. The molecule has 26 heavy (non-hydrogen) atoms. The number of rotatable bonds is 1. The second kappa shape index (κ2) is 6.04. The van der Waals surface area contributed by atoms with Crippen molar-refractivity contribution in [1.29, 1.82) is 0 Å². The van der Waals surface area contributed by atoms with Gasteiger partial charge >= 0.3 is 6.03 Å². The fourth-order valence-corrected chi connectivity index (χ4v) is 5.54. The quantitative estimate of drug-likeness (QED) is 0.737. The molecule has 7 nitrogen and oxygen atoms in total. The normalized spacial score (nSPS) is 23.7. The van der Waals surface area contributed by atoms with E-state index in [0.717, 1.165) is 37.8 Å². The van der Waals surface area contributed by atoms with Crippen molar-refractivity contribution in [2.75, 3.05) is 11.9 Å². The van der Waals surface area contributed by atoms with E-state index in [0.29, 0.717) is 18.0 Å². The van der Waals surface area contributed by atoms with Crippen LogP contribution in [0.3, 0.4) is 0 Å². The number of imide groups is 1. The lowest BCUT2D eigenvalue weighted by atomic mass is 9.78. The van der Waals surface area contributed by atoms with Crippen molar-refractivity contribution in [2.24, 2.45) is 0 Å². The van der Waals surface area contributed by atoms with Crippen LogP contribution in [0.25, 0.3) is 0 Å². The Bertz CT molecular complexity index is 779. The molecule has 4 rings (SSSR count). The fraction of sp³-hybridized carbons (Fsp3) is 0.667. The predicted molar refractivity (Wildman–Crippen MR) is 98.2 cm³/mol. The van der Waals surface area contributed by atoms with E-state index >= 15 is 0 Å². The second-order valence-corrected chi connectivity index (χ2v) is 9.24. The number of nitrogens with zero attached hydrogens (tertiary/aromatic N) is 2. The molecule has 0 radical (unpaired) electrons. The highest BCUT2D eigenvalue weighted by atomic mass is 32.1. The number of urea groups is 1. The molecule has 3 aliphatic rings. The van der Waals surface area contributed by atoms with Gasteiger partial charge in [-0.2, -0.15) is 0 Å². The Balaban J connectivity index is 1.58. The van der Waals surface area contributed by atoms with Crippen molar-refractivity contribution >= 4 is 34.3 Å². The SMILES string of the molecule is CC1(C)CCc2sc(NC(=O)N3CC(=O)NC(=O)C34CCCCC4)nc21. The maximum Gasteiger partial charge on any atom is 0.325 e. The average Bonchev–Trinajstić information content (AvgIpc) is 3.12. The summed E-state index contributed by atoms with van der Waals surface area (Å²) in [6.45, 7) is 4.23. The molecule has 140 valence electrons. The number of piperazine rings is 1. The van der Waals surface area contributed by atoms with Crippen LogP contribution in [0.4, 0.5) is 9.93 Å². The zero-order valence-electron chi connectivity index (χ0n) is 15.2. The maximum absolute atomic E-state index is 13.0. The molecule has 1 spiro atoms. The molecule has 0 aromatic carbocycles. The monoisotopic (exact) mass is 376 g/mol. The summed E-state index contributed by atoms with van der Waals surface area (Å²) >= 11 is 1.50. The third-order valence-electron chi connectivity index (χ3n) is 5.95. The molecule has 1 aromatic rings. The standard InChI is InChI=1S/C18H24N4O3S/c1-17(2)9-6-11-13(17)20-15(26-11)21-16(25)22-10-12(23)19-14(24)18(22)7-4-3-5-8-18/h3-10H2,1-2H3,(H,19,23,24)(H,20,21,25). The molecule has 8 heteroatoms. The molecule has 1 aliphatic heterocycles. The van der Waals surface area contributed by atoms with E-state index in [9.17, 15) is 14.4 Å². The van der Waals surface area contributed by atoms with E-state index in [1.807, 2.05) is 0 Å². The number of carbonyl (C=O) groups is 3. The Morgan fingerprint density at radius 3 is 2.62 bits per heavy atom. The summed E-state index contributed by atoms with van der Waals surface area (Å²) in [6, 6.07) is -0.402. The fourth-order valence-electron chi connectivity index (χ4n) is 4.41. The van der Waals surface area contributed by atoms with Crippen LogP contribution in [0.1, 0.15) is 62.9 Å². The van der Waals surface area contributed by atoms with Gasteiger partial charge in [0, 0.05) is 10.3 Å². The van der Waals surface area contributed by atoms with Crippen LogP contribution >= 0.6 is 11.3 Å². The van der Waals surface area contributed by atoms with Gasteiger partial charge in [0.2, 0.25) is 5.91 Å². The van der Waals surface area contributed by atoms with Gasteiger partial charge in [-0.05, 0) is 25.7 Å². The molecule has 2 heterocycles. The molecule has 1 saturated carbocycles. The van der Waals surface area contributed by atoms with Gasteiger partial charge in [0.1, 0.15) is 12.1 Å². The van der Waals surface area contributed by atoms with E-state index in [1.165, 1.54) is 21.1 Å². The van der Waals surface area contributed by atoms with Gasteiger partial charge in [0.25, 0.3) is 5.91 Å². The van der Waals surface area contributed by atoms with Crippen LogP contribution in [0.2, 0.25) is 0 Å². The summed E-state index contributed by atoms with van der Waals surface area (Å²) in [5.41, 5.74) is 0.174. The minimum atomic E-state index is -0.907. The van der Waals surface area contributed by atoms with Crippen molar-refractivity contribution in [3.8, 4) is 0 Å². The average molecular weight is 376 g/mol. The first-order valence-electron chi connectivity index (χ1n) is 9.25. The smallest absolute Gasteiger partial charge is 0.300 e. The van der Waals surface area contributed by atoms with Gasteiger partial charge in [-0.15, -0.1) is 11.3 Å². The minimum absolute atomic E-state index is 0.0282. The van der Waals surface area contributed by atoms with Crippen LogP contribution in [-0.4, -0.2) is 39.8 Å². The number of aryl methyl sites for hydroxylation is 1. The Kier molecular flexibility index (Phi) is 4.06. The summed E-state index contributed by atoms with van der Waals surface area (Å²) in [6.07, 6.45) is 6.05. The highest BCUT2D eigenvalue weighted by Gasteiger charge is 2.51. The number of hydrogen-bond donors (Lipinski definition) is 2. The Morgan fingerprint density at radius 1 is 1.19 bits per heavy atom. The number of hydrogen-bond acceptors (Lipinski definition) is 5. The van der Waals surface area contributed by atoms with Gasteiger partial charge < -0.3 is 4.90 Å². The molecule has 2 fully saturated rings. The van der Waals surface area contributed by atoms with Crippen LogP contribution in [-0.2, 0) is 21.4 Å². The molecule has 1 aromatic heterocycles. The van der Waals surface area contributed by atoms with Crippen molar-refractivity contribution < 1.29 is 14.4 Å². The van der Waals surface area contributed by atoms with Gasteiger partial charge in [-0.1, -0.05) is 33.1 Å². The third-order valence-corrected chi connectivity index (χ3v) is 6.98. The highest BCUT2D eigenvalue weighted by molar-refractivity contribution is 7.16. The minimum Gasteiger partial charge on any atom is -0.300 e. The lowest BCUT2D eigenvalue weighted by Gasteiger charge is -2.46. The zero-order chi connectivity index (χ0) is 18.5. The molecule has 0 unspecified atom stereocenters. The molecule has 0 bridgehead atoms. The van der Waals surface area contributed by atoms with Gasteiger partial charge in [0.05, 0.1) is 5.69 Å². The first kappa shape index (κ1) is 17.5. The highest BCUT2D eigenvalue weighted by Crippen LogP contribution is 2.42. The summed E-state index contributed by atoms with van der Waals surface area (Å²) < 4.78 is 0. The predicted octanol–water partition coefficient (Wildman–Crippen LogP) is 2.56. The van der Waals surface area contributed by atoms with E-state index in [4.69, 9.17) is 0 Å². The Labute approximate surface area is 156 Å². The third kappa shape index (κ3) is 2.71. The Hall–Kier alpha value is -1.96. The van der Waals surface area contributed by atoms with Crippen molar-refractivity contribution in [3.63, 3.8) is 0 Å². The van der Waals surface area contributed by atoms with E-state index in [2.05, 4.69) is 29.5 Å². The van der Waals surface area contributed by atoms with Crippen LogP contribution in [0.5, 0.6) is 0 Å². The van der Waals surface area contributed by atoms with E-state index in [1.54, 1.807) is 0 Å². The van der Waals surface area contributed by atoms with Crippen molar-refractivity contribution in [2.45, 2.75) is 69.7 Å². The van der Waals surface area contributed by atoms with E-state index < -0.39 is 17.5 Å². The zero-order valence-corrected chi connectivity index (χ0v) is 16.0. The molecule has 0 atom stereocenters. The largest absolute Gasteiger partial charge is 0.325 e. The molecule has 2 aliphatic carbocycles. The first-order chi connectivity index (χ1) is 12.3. The number of aromatic nitrogens is 1. The maximum atomic E-state index is 13.0. The number of nitrogens with one attached hydrogen (secondary N) is 2. The summed E-state index contributed by atoms with van der Waals surface area (Å²) in [5, 5.41) is 5.82. The summed E-state index contributed by atoms with van der Waals surface area (Å²) in [5.74, 6) is -0.768. The Morgan fingerprint density at radius 2 is 1.92 bits per heavy atom. The van der Waals surface area contributed by atoms with Crippen molar-refractivity contribution in [1.82, 2.24) is 15.2 Å². The topological polar surface area (TPSA) is 91.4 Å². The molecule has 1 saturated heterocycles. The lowest BCUT2D eigenvalue weighted by Crippen LogP contribution is -2.69. The molecule has 2 N–H and O–H groups in total. The molecule has 4 amide bonds.